The number of nitrogens with one attached hydrogen (secondary N) is 1. The molecule has 66 valence electrons. The monoisotopic (exact) mass is 157 g/mol. The van der Waals surface area contributed by atoms with Crippen molar-refractivity contribution in [3.8, 4) is 0 Å². The summed E-state index contributed by atoms with van der Waals surface area (Å²) in [4.78, 5) is 0. The zero-order valence-corrected chi connectivity index (χ0v) is 7.51. The van der Waals surface area contributed by atoms with Gasteiger partial charge in [0.2, 0.25) is 0 Å². The highest BCUT2D eigenvalue weighted by atomic mass is 16.5. The largest absolute Gasteiger partial charge is 0.317 e. The maximum atomic E-state index is 8.75. The molecule has 11 heavy (non-hydrogen) atoms. The van der Waals surface area contributed by atoms with E-state index in [0.29, 0.717) is 5.92 Å². The number of hydrogen-bond donors (Lipinski definition) is 2. The van der Waals surface area contributed by atoms with E-state index in [0.717, 1.165) is 5.92 Å². The van der Waals surface area contributed by atoms with Crippen LogP contribution in [0.4, 0.5) is 0 Å². The Kier molecular flexibility index (Phi) is 3.34. The quantitative estimate of drug-likeness (QED) is 0.602. The number of hydrogen-bond acceptors (Lipinski definition) is 2. The van der Waals surface area contributed by atoms with Gasteiger partial charge in [-0.3, -0.25) is 0 Å². The average Bonchev–Trinajstić information content (AvgIpc) is 2.04. The third-order valence-electron chi connectivity index (χ3n) is 3.02. The first-order valence-electron chi connectivity index (χ1n) is 4.65. The third-order valence-corrected chi connectivity index (χ3v) is 3.02. The van der Waals surface area contributed by atoms with Gasteiger partial charge < -0.3 is 5.21 Å². The summed E-state index contributed by atoms with van der Waals surface area (Å²) in [5.41, 5.74) is 2.37. The first-order chi connectivity index (χ1) is 5.25. The lowest BCUT2D eigenvalue weighted by Crippen LogP contribution is -2.36. The molecule has 1 fully saturated rings. The molecule has 2 N–H and O–H groups in total. The van der Waals surface area contributed by atoms with Crippen LogP contribution in [0.25, 0.3) is 0 Å². The van der Waals surface area contributed by atoms with Crippen molar-refractivity contribution in [3.63, 3.8) is 0 Å². The standard InChI is InChI=1S/C9H19NO/c1-7-5-3-4-6-9(7)8(2)10-11/h7-11H,3-6H2,1-2H3. The Morgan fingerprint density at radius 1 is 1.36 bits per heavy atom. The Hall–Kier alpha value is -0.0800. The molecular weight excluding hydrogens is 138 g/mol. The Balaban J connectivity index is 2.40. The Bertz CT molecular complexity index is 112. The van der Waals surface area contributed by atoms with Crippen molar-refractivity contribution in [1.82, 2.24) is 5.48 Å². The van der Waals surface area contributed by atoms with Crippen molar-refractivity contribution >= 4 is 0 Å². The van der Waals surface area contributed by atoms with E-state index in [-0.39, 0.29) is 6.04 Å². The van der Waals surface area contributed by atoms with E-state index in [1.54, 1.807) is 0 Å². The topological polar surface area (TPSA) is 32.3 Å². The summed E-state index contributed by atoms with van der Waals surface area (Å²) in [6, 6.07) is 0.269. The Morgan fingerprint density at radius 2 is 2.00 bits per heavy atom. The summed E-state index contributed by atoms with van der Waals surface area (Å²) in [5, 5.41) is 8.75. The summed E-state index contributed by atoms with van der Waals surface area (Å²) in [6.07, 6.45) is 5.31. The van der Waals surface area contributed by atoms with Crippen LogP contribution in [-0.4, -0.2) is 11.2 Å². The van der Waals surface area contributed by atoms with Crippen molar-refractivity contribution in [1.29, 1.82) is 0 Å². The summed E-state index contributed by atoms with van der Waals surface area (Å²) < 4.78 is 0. The molecule has 0 radical (unpaired) electrons. The van der Waals surface area contributed by atoms with Crippen LogP contribution in [0.3, 0.4) is 0 Å². The van der Waals surface area contributed by atoms with Crippen LogP contribution in [0.5, 0.6) is 0 Å². The third kappa shape index (κ3) is 2.17. The predicted octanol–water partition coefficient (Wildman–Crippen LogP) is 2.18. The van der Waals surface area contributed by atoms with Gasteiger partial charge in [-0.25, -0.2) is 5.48 Å². The molecular formula is C9H19NO. The molecule has 0 aromatic carbocycles. The van der Waals surface area contributed by atoms with Gasteiger partial charge in [-0.2, -0.15) is 0 Å². The molecule has 1 saturated carbocycles. The van der Waals surface area contributed by atoms with Crippen LogP contribution in [0.1, 0.15) is 39.5 Å². The first kappa shape index (κ1) is 9.01. The highest BCUT2D eigenvalue weighted by molar-refractivity contribution is 4.78. The lowest BCUT2D eigenvalue weighted by atomic mass is 9.77. The highest BCUT2D eigenvalue weighted by Gasteiger charge is 2.25. The van der Waals surface area contributed by atoms with Crippen molar-refractivity contribution in [3.05, 3.63) is 0 Å². The van der Waals surface area contributed by atoms with Gasteiger partial charge >= 0.3 is 0 Å². The van der Waals surface area contributed by atoms with Crippen LogP contribution >= 0.6 is 0 Å². The van der Waals surface area contributed by atoms with E-state index in [1.807, 2.05) is 0 Å². The molecule has 0 aliphatic heterocycles. The fraction of sp³-hybridized carbons (Fsp3) is 1.00. The summed E-state index contributed by atoms with van der Waals surface area (Å²) in [7, 11) is 0. The summed E-state index contributed by atoms with van der Waals surface area (Å²) in [6.45, 7) is 4.35. The molecule has 0 aromatic heterocycles. The maximum absolute atomic E-state index is 8.75. The van der Waals surface area contributed by atoms with Gasteiger partial charge in [-0.1, -0.05) is 26.2 Å². The summed E-state index contributed by atoms with van der Waals surface area (Å²) >= 11 is 0. The maximum Gasteiger partial charge on any atom is 0.0322 e. The predicted molar refractivity (Wildman–Crippen MR) is 45.5 cm³/mol. The average molecular weight is 157 g/mol. The lowest BCUT2D eigenvalue weighted by Gasteiger charge is -2.32. The van der Waals surface area contributed by atoms with E-state index in [9.17, 15) is 0 Å². The molecule has 0 spiro atoms. The van der Waals surface area contributed by atoms with Crippen molar-refractivity contribution in [2.24, 2.45) is 11.8 Å². The zero-order chi connectivity index (χ0) is 8.27. The molecule has 1 aliphatic rings. The molecule has 0 aromatic rings. The summed E-state index contributed by atoms with van der Waals surface area (Å²) in [5.74, 6) is 1.45. The van der Waals surface area contributed by atoms with E-state index in [4.69, 9.17) is 5.21 Å². The second kappa shape index (κ2) is 4.07. The van der Waals surface area contributed by atoms with Gasteiger partial charge in [-0.05, 0) is 25.2 Å². The molecule has 1 rings (SSSR count). The minimum atomic E-state index is 0.269. The number of hydroxylamine groups is 1. The van der Waals surface area contributed by atoms with Crippen molar-refractivity contribution in [2.75, 3.05) is 0 Å². The first-order valence-corrected chi connectivity index (χ1v) is 4.65. The molecule has 0 amide bonds. The molecule has 1 aliphatic carbocycles. The van der Waals surface area contributed by atoms with E-state index < -0.39 is 0 Å². The van der Waals surface area contributed by atoms with Gasteiger partial charge in [0, 0.05) is 6.04 Å². The molecule has 0 heterocycles. The zero-order valence-electron chi connectivity index (χ0n) is 7.51. The van der Waals surface area contributed by atoms with E-state index in [1.165, 1.54) is 25.7 Å². The lowest BCUT2D eigenvalue weighted by molar-refractivity contribution is 0.0735. The minimum absolute atomic E-state index is 0.269. The second-order valence-electron chi connectivity index (χ2n) is 3.84. The molecule has 2 heteroatoms. The highest BCUT2D eigenvalue weighted by Crippen LogP contribution is 2.31. The van der Waals surface area contributed by atoms with Gasteiger partial charge in [0.1, 0.15) is 0 Å². The minimum Gasteiger partial charge on any atom is -0.317 e. The molecule has 2 nitrogen and oxygen atoms in total. The van der Waals surface area contributed by atoms with Gasteiger partial charge in [0.25, 0.3) is 0 Å². The van der Waals surface area contributed by atoms with E-state index >= 15 is 0 Å². The van der Waals surface area contributed by atoms with Gasteiger partial charge in [-0.15, -0.1) is 0 Å². The van der Waals surface area contributed by atoms with Crippen molar-refractivity contribution in [2.45, 2.75) is 45.6 Å². The molecule has 0 bridgehead atoms. The molecule has 3 unspecified atom stereocenters. The second-order valence-corrected chi connectivity index (χ2v) is 3.84. The smallest absolute Gasteiger partial charge is 0.0322 e. The van der Waals surface area contributed by atoms with Crippen LogP contribution in [0.15, 0.2) is 0 Å². The molecule has 0 saturated heterocycles. The van der Waals surface area contributed by atoms with Crippen LogP contribution < -0.4 is 5.48 Å². The fourth-order valence-electron chi connectivity index (χ4n) is 2.18. The SMILES string of the molecule is CC1CCCCC1C(C)NO. The number of rotatable bonds is 2. The Morgan fingerprint density at radius 3 is 2.55 bits per heavy atom. The normalized spacial score (nSPS) is 35.2. The Labute approximate surface area is 69.0 Å². The fourth-order valence-corrected chi connectivity index (χ4v) is 2.18. The van der Waals surface area contributed by atoms with Crippen LogP contribution in [-0.2, 0) is 0 Å². The van der Waals surface area contributed by atoms with Crippen LogP contribution in [0.2, 0.25) is 0 Å². The molecule has 3 atom stereocenters. The van der Waals surface area contributed by atoms with Crippen LogP contribution in [0, 0.1) is 11.8 Å². The van der Waals surface area contributed by atoms with E-state index in [2.05, 4.69) is 19.3 Å². The van der Waals surface area contributed by atoms with Gasteiger partial charge in [0.15, 0.2) is 0 Å². The van der Waals surface area contributed by atoms with Gasteiger partial charge in [0.05, 0.1) is 0 Å². The van der Waals surface area contributed by atoms with Crippen molar-refractivity contribution < 1.29 is 5.21 Å².